The van der Waals surface area contributed by atoms with Crippen LogP contribution < -0.4 is 0 Å². The third kappa shape index (κ3) is 1.99. The molecule has 0 amide bonds. The second kappa shape index (κ2) is 4.89. The Bertz CT molecular complexity index is 784. The standard InChI is InChI=1S/C16H15N3O/c1-3-19-14(10-11(2)18-19)16(20)13-8-4-6-12-7-5-9-17-15(12)13/h4-10H,3H2,1-2H3. The predicted octanol–water partition coefficient (Wildman–Crippen LogP) is 2.99. The number of hydrogen-bond donors (Lipinski definition) is 0. The molecular weight excluding hydrogens is 250 g/mol. The lowest BCUT2D eigenvalue weighted by Gasteiger charge is -2.06. The van der Waals surface area contributed by atoms with Crippen molar-refractivity contribution in [2.24, 2.45) is 0 Å². The quantitative estimate of drug-likeness (QED) is 0.684. The first-order chi connectivity index (χ1) is 9.70. The Morgan fingerprint density at radius 2 is 2.05 bits per heavy atom. The molecule has 1 aromatic carbocycles. The lowest BCUT2D eigenvalue weighted by molar-refractivity contribution is 0.103. The van der Waals surface area contributed by atoms with Gasteiger partial charge in [-0.15, -0.1) is 0 Å². The van der Waals surface area contributed by atoms with E-state index in [0.29, 0.717) is 17.8 Å². The molecule has 3 aromatic rings. The van der Waals surface area contributed by atoms with Crippen LogP contribution in [-0.2, 0) is 6.54 Å². The van der Waals surface area contributed by atoms with E-state index in [1.165, 1.54) is 0 Å². The minimum Gasteiger partial charge on any atom is -0.287 e. The van der Waals surface area contributed by atoms with Gasteiger partial charge in [-0.25, -0.2) is 0 Å². The summed E-state index contributed by atoms with van der Waals surface area (Å²) in [6.45, 7) is 4.54. The number of ketones is 1. The van der Waals surface area contributed by atoms with E-state index in [2.05, 4.69) is 10.1 Å². The van der Waals surface area contributed by atoms with Crippen molar-refractivity contribution >= 4 is 16.7 Å². The number of pyridine rings is 1. The van der Waals surface area contributed by atoms with Crippen LogP contribution in [0.25, 0.3) is 10.9 Å². The van der Waals surface area contributed by atoms with Gasteiger partial charge in [-0.1, -0.05) is 18.2 Å². The van der Waals surface area contributed by atoms with E-state index >= 15 is 0 Å². The smallest absolute Gasteiger partial charge is 0.213 e. The topological polar surface area (TPSA) is 47.8 Å². The number of carbonyl (C=O) groups excluding carboxylic acids is 1. The molecule has 100 valence electrons. The normalized spacial score (nSPS) is 10.9. The van der Waals surface area contributed by atoms with Crippen LogP contribution in [0.5, 0.6) is 0 Å². The molecule has 0 fully saturated rings. The zero-order chi connectivity index (χ0) is 14.1. The summed E-state index contributed by atoms with van der Waals surface area (Å²) in [4.78, 5) is 17.1. The van der Waals surface area contributed by atoms with Crippen LogP contribution in [0.15, 0.2) is 42.6 Å². The molecule has 0 saturated heterocycles. The molecular formula is C16H15N3O. The summed E-state index contributed by atoms with van der Waals surface area (Å²) in [5, 5.41) is 5.30. The molecule has 0 aliphatic carbocycles. The van der Waals surface area contributed by atoms with Crippen molar-refractivity contribution in [3.05, 3.63) is 59.5 Å². The maximum atomic E-state index is 12.8. The fourth-order valence-corrected chi connectivity index (χ4v) is 2.39. The van der Waals surface area contributed by atoms with Gasteiger partial charge in [-0.2, -0.15) is 5.10 Å². The first kappa shape index (κ1) is 12.5. The molecule has 0 aliphatic heterocycles. The fourth-order valence-electron chi connectivity index (χ4n) is 2.39. The molecule has 0 aliphatic rings. The van der Waals surface area contributed by atoms with E-state index < -0.39 is 0 Å². The molecule has 0 unspecified atom stereocenters. The lowest BCUT2D eigenvalue weighted by Crippen LogP contribution is -2.11. The number of rotatable bonds is 3. The highest BCUT2D eigenvalue weighted by molar-refractivity contribution is 6.14. The summed E-state index contributed by atoms with van der Waals surface area (Å²) in [7, 11) is 0. The van der Waals surface area contributed by atoms with Crippen molar-refractivity contribution < 1.29 is 4.79 Å². The third-order valence-electron chi connectivity index (χ3n) is 3.31. The predicted molar refractivity (Wildman–Crippen MR) is 77.8 cm³/mol. The maximum absolute atomic E-state index is 12.8. The maximum Gasteiger partial charge on any atom is 0.213 e. The van der Waals surface area contributed by atoms with Gasteiger partial charge in [-0.3, -0.25) is 14.5 Å². The van der Waals surface area contributed by atoms with Gasteiger partial charge in [-0.05, 0) is 32.0 Å². The highest BCUT2D eigenvalue weighted by Crippen LogP contribution is 2.19. The van der Waals surface area contributed by atoms with Gasteiger partial charge in [0.1, 0.15) is 5.69 Å². The van der Waals surface area contributed by atoms with Gasteiger partial charge < -0.3 is 0 Å². The third-order valence-corrected chi connectivity index (χ3v) is 3.31. The summed E-state index contributed by atoms with van der Waals surface area (Å²) in [5.41, 5.74) is 2.82. The molecule has 2 aromatic heterocycles. The zero-order valence-corrected chi connectivity index (χ0v) is 11.5. The summed E-state index contributed by atoms with van der Waals surface area (Å²) < 4.78 is 1.74. The average Bonchev–Trinajstić information content (AvgIpc) is 2.87. The van der Waals surface area contributed by atoms with Gasteiger partial charge in [0.25, 0.3) is 0 Å². The van der Waals surface area contributed by atoms with Gasteiger partial charge in [0.05, 0.1) is 16.8 Å². The van der Waals surface area contributed by atoms with E-state index in [1.807, 2.05) is 50.2 Å². The second-order valence-corrected chi connectivity index (χ2v) is 4.70. The minimum atomic E-state index is -0.0308. The van der Waals surface area contributed by atoms with Crippen LogP contribution in [-0.4, -0.2) is 20.5 Å². The Kier molecular flexibility index (Phi) is 3.06. The van der Waals surface area contributed by atoms with E-state index in [1.54, 1.807) is 10.9 Å². The molecule has 4 nitrogen and oxygen atoms in total. The molecule has 2 heterocycles. The van der Waals surface area contributed by atoms with Crippen molar-refractivity contribution in [1.82, 2.24) is 14.8 Å². The largest absolute Gasteiger partial charge is 0.287 e. The van der Waals surface area contributed by atoms with Crippen LogP contribution in [0.2, 0.25) is 0 Å². The number of aryl methyl sites for hydroxylation is 2. The van der Waals surface area contributed by atoms with Crippen molar-refractivity contribution in [3.8, 4) is 0 Å². The van der Waals surface area contributed by atoms with Gasteiger partial charge >= 0.3 is 0 Å². The Morgan fingerprint density at radius 1 is 1.25 bits per heavy atom. The molecule has 0 radical (unpaired) electrons. The summed E-state index contributed by atoms with van der Waals surface area (Å²) in [5.74, 6) is -0.0308. The molecule has 4 heteroatoms. The van der Waals surface area contributed by atoms with Crippen LogP contribution in [0.3, 0.4) is 0 Å². The van der Waals surface area contributed by atoms with E-state index in [-0.39, 0.29) is 5.78 Å². The summed E-state index contributed by atoms with van der Waals surface area (Å²) in [6.07, 6.45) is 1.71. The van der Waals surface area contributed by atoms with Gasteiger partial charge in [0.15, 0.2) is 0 Å². The second-order valence-electron chi connectivity index (χ2n) is 4.70. The first-order valence-electron chi connectivity index (χ1n) is 6.63. The first-order valence-corrected chi connectivity index (χ1v) is 6.63. The molecule has 20 heavy (non-hydrogen) atoms. The lowest BCUT2D eigenvalue weighted by atomic mass is 10.0. The minimum absolute atomic E-state index is 0.0308. The Morgan fingerprint density at radius 3 is 2.85 bits per heavy atom. The highest BCUT2D eigenvalue weighted by Gasteiger charge is 2.17. The number of hydrogen-bond acceptors (Lipinski definition) is 3. The Hall–Kier alpha value is -2.49. The van der Waals surface area contributed by atoms with Gasteiger partial charge in [0, 0.05) is 18.1 Å². The number of fused-ring (bicyclic) bond motifs is 1. The average molecular weight is 265 g/mol. The van der Waals surface area contributed by atoms with Crippen molar-refractivity contribution in [3.63, 3.8) is 0 Å². The van der Waals surface area contributed by atoms with Crippen molar-refractivity contribution in [1.29, 1.82) is 0 Å². The molecule has 3 rings (SSSR count). The fraction of sp³-hybridized carbons (Fsp3) is 0.188. The molecule has 0 saturated carbocycles. The Balaban J connectivity index is 2.17. The zero-order valence-electron chi connectivity index (χ0n) is 11.5. The van der Waals surface area contributed by atoms with Gasteiger partial charge in [0.2, 0.25) is 5.78 Å². The molecule has 0 spiro atoms. The highest BCUT2D eigenvalue weighted by atomic mass is 16.1. The van der Waals surface area contributed by atoms with E-state index in [9.17, 15) is 4.79 Å². The molecule has 0 bridgehead atoms. The summed E-state index contributed by atoms with van der Waals surface area (Å²) in [6, 6.07) is 11.3. The van der Waals surface area contributed by atoms with E-state index in [4.69, 9.17) is 0 Å². The number of carbonyl (C=O) groups is 1. The van der Waals surface area contributed by atoms with Crippen LogP contribution in [0.1, 0.15) is 28.7 Å². The van der Waals surface area contributed by atoms with Crippen LogP contribution >= 0.6 is 0 Å². The Labute approximate surface area is 117 Å². The van der Waals surface area contributed by atoms with Crippen molar-refractivity contribution in [2.45, 2.75) is 20.4 Å². The number of aromatic nitrogens is 3. The number of nitrogens with zero attached hydrogens (tertiary/aromatic N) is 3. The van der Waals surface area contributed by atoms with Crippen LogP contribution in [0.4, 0.5) is 0 Å². The molecule has 0 atom stereocenters. The number of benzene rings is 1. The number of para-hydroxylation sites is 1. The van der Waals surface area contributed by atoms with E-state index in [0.717, 1.165) is 16.6 Å². The molecule has 0 N–H and O–H groups in total. The summed E-state index contributed by atoms with van der Waals surface area (Å²) >= 11 is 0. The van der Waals surface area contributed by atoms with Crippen molar-refractivity contribution in [2.75, 3.05) is 0 Å². The monoisotopic (exact) mass is 265 g/mol. The van der Waals surface area contributed by atoms with Crippen LogP contribution in [0, 0.1) is 6.92 Å². The SMILES string of the molecule is CCn1nc(C)cc1C(=O)c1cccc2cccnc12.